The molecule has 0 aliphatic heterocycles. The van der Waals surface area contributed by atoms with Crippen molar-refractivity contribution in [1.29, 1.82) is 0 Å². The van der Waals surface area contributed by atoms with Crippen LogP contribution < -0.4 is 49.1 Å². The molecular weight excluding hydrogens is 801 g/mol. The van der Waals surface area contributed by atoms with E-state index in [2.05, 4.69) is 36.9 Å². The van der Waals surface area contributed by atoms with Crippen molar-refractivity contribution in [3.05, 3.63) is 65.7 Å². The summed E-state index contributed by atoms with van der Waals surface area (Å²) in [6, 6.07) is 7.41. The third-order valence-corrected chi connectivity index (χ3v) is 9.43. The van der Waals surface area contributed by atoms with Crippen molar-refractivity contribution >= 4 is 53.1 Å². The van der Waals surface area contributed by atoms with Crippen LogP contribution in [0.4, 0.5) is 0 Å². The molecule has 0 radical (unpaired) electrons. The fourth-order valence-electron chi connectivity index (χ4n) is 6.28. The van der Waals surface area contributed by atoms with Crippen molar-refractivity contribution in [2.45, 2.75) is 123 Å². The molecule has 0 fully saturated rings. The molecule has 0 saturated heterocycles. The first-order chi connectivity index (χ1) is 29.0. The van der Waals surface area contributed by atoms with E-state index in [1.165, 1.54) is 26.0 Å². The standard InChI is InChI=1S/C43H64N10O9/c1-24(2)20-32(49-26(4)54)39(60)53-33(22-28-15-17-29(55)18-16-28)40(61)50-30(14-11-19-47-42(45)46)38(59)48-25(3)37(58)52-34(23-35(44)56)41(62)51-31(36(57)43(5,6)7)21-27-12-9-8-10-13-27/h8-10,12-13,15-18,24-25,30-34,55H,11,14,19-23H2,1-7H3,(H2,44,56)(H,48,59)(H,49,54)(H,50,61)(H,51,62)(H,52,58)(H,53,60)(H4,45,46,47). The van der Waals surface area contributed by atoms with Crippen molar-refractivity contribution < 1.29 is 43.5 Å². The second kappa shape index (κ2) is 24.7. The predicted octanol–water partition coefficient (Wildman–Crippen LogP) is -0.284. The molecule has 2 aromatic carbocycles. The molecular formula is C43H64N10O9. The highest BCUT2D eigenvalue weighted by Crippen LogP contribution is 2.20. The van der Waals surface area contributed by atoms with Crippen LogP contribution in [-0.2, 0) is 51.2 Å². The van der Waals surface area contributed by atoms with E-state index >= 15 is 0 Å². The Morgan fingerprint density at radius 3 is 1.68 bits per heavy atom. The van der Waals surface area contributed by atoms with E-state index in [0.717, 1.165) is 5.56 Å². The number of phenols is 1. The van der Waals surface area contributed by atoms with Crippen LogP contribution in [-0.4, -0.2) is 101 Å². The van der Waals surface area contributed by atoms with Crippen molar-refractivity contribution in [3.8, 4) is 5.75 Å². The maximum Gasteiger partial charge on any atom is 0.243 e. The number of rotatable bonds is 24. The number of hydrogen-bond acceptors (Lipinski definition) is 10. The number of ketones is 1. The Bertz CT molecular complexity index is 1890. The highest BCUT2D eigenvalue weighted by molar-refractivity contribution is 5.99. The largest absolute Gasteiger partial charge is 0.508 e. The van der Waals surface area contributed by atoms with Crippen molar-refractivity contribution in [2.24, 2.45) is 33.5 Å². The quantitative estimate of drug-likeness (QED) is 0.0372. The van der Waals surface area contributed by atoms with Gasteiger partial charge in [-0.1, -0.05) is 77.1 Å². The Hall–Kier alpha value is -6.53. The SMILES string of the molecule is CC(=O)NC(CC(C)C)C(=O)NC(Cc1ccc(O)cc1)C(=O)NC(CCCN=C(N)N)C(=O)NC(C)C(=O)NC(CC(N)=O)C(=O)NC(Cc1ccccc1)C(=O)C(C)(C)C. The average Bonchev–Trinajstić information content (AvgIpc) is 3.17. The van der Waals surface area contributed by atoms with Crippen molar-refractivity contribution in [1.82, 2.24) is 31.9 Å². The molecule has 0 aliphatic carbocycles. The van der Waals surface area contributed by atoms with E-state index in [9.17, 15) is 43.5 Å². The number of phenolic OH excluding ortho intramolecular Hbond substituents is 1. The van der Waals surface area contributed by atoms with Gasteiger partial charge in [-0.2, -0.15) is 0 Å². The Balaban J connectivity index is 2.36. The molecule has 2 rings (SSSR count). The van der Waals surface area contributed by atoms with Gasteiger partial charge >= 0.3 is 0 Å². The van der Waals surface area contributed by atoms with Crippen LogP contribution in [0.15, 0.2) is 59.6 Å². The van der Waals surface area contributed by atoms with Gasteiger partial charge in [0.1, 0.15) is 36.0 Å². The number of aromatic hydroxyl groups is 1. The maximum absolute atomic E-state index is 14.0. The fourth-order valence-corrected chi connectivity index (χ4v) is 6.28. The van der Waals surface area contributed by atoms with E-state index in [1.54, 1.807) is 63.2 Å². The number of primary amides is 1. The summed E-state index contributed by atoms with van der Waals surface area (Å²) in [5, 5.41) is 25.4. The number of hydrogen-bond donors (Lipinski definition) is 10. The Kier molecular flexibility index (Phi) is 20.5. The van der Waals surface area contributed by atoms with Gasteiger partial charge in [0, 0.05) is 25.3 Å². The van der Waals surface area contributed by atoms with Gasteiger partial charge in [-0.15, -0.1) is 0 Å². The first-order valence-corrected chi connectivity index (χ1v) is 20.5. The molecule has 62 heavy (non-hydrogen) atoms. The molecule has 0 heterocycles. The normalized spacial score (nSPS) is 14.1. The van der Waals surface area contributed by atoms with Gasteiger partial charge in [0.25, 0.3) is 0 Å². The van der Waals surface area contributed by atoms with Gasteiger partial charge in [0.2, 0.25) is 41.4 Å². The molecule has 6 atom stereocenters. The number of nitrogens with one attached hydrogen (secondary N) is 6. The van der Waals surface area contributed by atoms with Gasteiger partial charge in [-0.05, 0) is 61.8 Å². The zero-order chi connectivity index (χ0) is 46.7. The third kappa shape index (κ3) is 18.8. The van der Waals surface area contributed by atoms with Gasteiger partial charge < -0.3 is 54.2 Å². The minimum Gasteiger partial charge on any atom is -0.508 e. The van der Waals surface area contributed by atoms with Crippen LogP contribution in [0.2, 0.25) is 0 Å². The lowest BCUT2D eigenvalue weighted by Gasteiger charge is -2.28. The lowest BCUT2D eigenvalue weighted by Crippen LogP contribution is -2.59. The minimum absolute atomic E-state index is 0.00543. The van der Waals surface area contributed by atoms with Crippen LogP contribution in [0.5, 0.6) is 5.75 Å². The highest BCUT2D eigenvalue weighted by atomic mass is 16.3. The summed E-state index contributed by atoms with van der Waals surface area (Å²) < 4.78 is 0. The Labute approximate surface area is 362 Å². The van der Waals surface area contributed by atoms with Crippen LogP contribution in [0.25, 0.3) is 0 Å². The lowest BCUT2D eigenvalue weighted by atomic mass is 9.84. The number of carbonyl (C=O) groups excluding carboxylic acids is 8. The number of amides is 7. The van der Waals surface area contributed by atoms with Gasteiger partial charge in [-0.3, -0.25) is 43.3 Å². The summed E-state index contributed by atoms with van der Waals surface area (Å²) in [7, 11) is 0. The highest BCUT2D eigenvalue weighted by Gasteiger charge is 2.35. The van der Waals surface area contributed by atoms with Crippen LogP contribution in [0.1, 0.15) is 85.3 Å². The first-order valence-electron chi connectivity index (χ1n) is 20.5. The zero-order valence-electron chi connectivity index (χ0n) is 36.6. The summed E-state index contributed by atoms with van der Waals surface area (Å²) in [6.07, 6.45) is -0.164. The molecule has 0 spiro atoms. The molecule has 0 aliphatic rings. The van der Waals surface area contributed by atoms with Crippen LogP contribution >= 0.6 is 0 Å². The van der Waals surface area contributed by atoms with Gasteiger partial charge in [0.15, 0.2) is 11.7 Å². The van der Waals surface area contributed by atoms with Gasteiger partial charge in [0.05, 0.1) is 12.5 Å². The molecule has 6 unspecified atom stereocenters. The topological polar surface area (TPSA) is 319 Å². The molecule has 19 heteroatoms. The minimum atomic E-state index is -1.53. The summed E-state index contributed by atoms with van der Waals surface area (Å²) in [5.41, 5.74) is 16.8. The van der Waals surface area contributed by atoms with E-state index in [0.29, 0.717) is 5.56 Å². The molecule has 19 nitrogen and oxygen atoms in total. The first kappa shape index (κ1) is 51.6. The van der Waals surface area contributed by atoms with Gasteiger partial charge in [-0.25, -0.2) is 0 Å². The van der Waals surface area contributed by atoms with E-state index in [4.69, 9.17) is 17.2 Å². The molecule has 7 amide bonds. The number of Topliss-reactive ketones (excluding diaryl/α,β-unsaturated/α-hetero) is 1. The van der Waals surface area contributed by atoms with Crippen molar-refractivity contribution in [2.75, 3.05) is 6.54 Å². The van der Waals surface area contributed by atoms with E-state index < -0.39 is 89.4 Å². The average molecular weight is 865 g/mol. The zero-order valence-corrected chi connectivity index (χ0v) is 36.6. The Morgan fingerprint density at radius 2 is 1.13 bits per heavy atom. The number of aliphatic imine (C=N–C) groups is 1. The third-order valence-electron chi connectivity index (χ3n) is 9.43. The molecule has 0 bridgehead atoms. The molecule has 0 aromatic heterocycles. The molecule has 0 saturated carbocycles. The molecule has 2 aromatic rings. The Morgan fingerprint density at radius 1 is 0.629 bits per heavy atom. The molecule has 13 N–H and O–H groups in total. The van der Waals surface area contributed by atoms with E-state index in [1.807, 2.05) is 13.8 Å². The second-order valence-electron chi connectivity index (χ2n) is 16.7. The fraction of sp³-hybridized carbons (Fsp3) is 0.512. The molecule has 340 valence electrons. The summed E-state index contributed by atoms with van der Waals surface area (Å²) >= 11 is 0. The van der Waals surface area contributed by atoms with Crippen LogP contribution in [0.3, 0.4) is 0 Å². The number of guanidine groups is 1. The number of benzene rings is 2. The number of nitrogens with zero attached hydrogens (tertiary/aromatic N) is 1. The van der Waals surface area contributed by atoms with Crippen LogP contribution in [0, 0.1) is 11.3 Å². The summed E-state index contributed by atoms with van der Waals surface area (Å²) in [5.74, 6) is -5.90. The maximum atomic E-state index is 14.0. The predicted molar refractivity (Wildman–Crippen MR) is 233 cm³/mol. The summed E-state index contributed by atoms with van der Waals surface area (Å²) in [4.78, 5) is 110. The smallest absolute Gasteiger partial charge is 0.243 e. The monoisotopic (exact) mass is 864 g/mol. The number of carbonyl (C=O) groups is 8. The van der Waals surface area contributed by atoms with Crippen molar-refractivity contribution in [3.63, 3.8) is 0 Å². The lowest BCUT2D eigenvalue weighted by molar-refractivity contribution is -0.136. The summed E-state index contributed by atoms with van der Waals surface area (Å²) in [6.45, 7) is 11.5. The van der Waals surface area contributed by atoms with E-state index in [-0.39, 0.29) is 62.1 Å². The second-order valence-corrected chi connectivity index (χ2v) is 16.7. The number of nitrogens with two attached hydrogens (primary N) is 3.